The van der Waals surface area contributed by atoms with Crippen molar-refractivity contribution in [2.75, 3.05) is 6.61 Å². The maximum absolute atomic E-state index is 12.0. The number of hydrogen-bond acceptors (Lipinski definition) is 4. The van der Waals surface area contributed by atoms with Gasteiger partial charge in [0.2, 0.25) is 0 Å². The van der Waals surface area contributed by atoms with Gasteiger partial charge in [-0.3, -0.25) is 4.79 Å². The standard InChI is InChI=1S/C13H21N3O2/c1-2-8-16-9-7-15-11(12(16)17)18-10-13(14)5-3-4-6-13/h7,9H,2-6,8,10,14H2,1H3. The molecule has 0 amide bonds. The van der Waals surface area contributed by atoms with E-state index in [1.54, 1.807) is 17.0 Å². The van der Waals surface area contributed by atoms with Gasteiger partial charge < -0.3 is 15.0 Å². The third-order valence-electron chi connectivity index (χ3n) is 3.44. The molecular weight excluding hydrogens is 230 g/mol. The lowest BCUT2D eigenvalue weighted by Gasteiger charge is -2.22. The average Bonchev–Trinajstić information content (AvgIpc) is 2.78. The highest BCUT2D eigenvalue weighted by molar-refractivity contribution is 5.05. The number of aryl methyl sites for hydroxylation is 1. The van der Waals surface area contributed by atoms with Crippen LogP contribution in [-0.2, 0) is 6.54 Å². The van der Waals surface area contributed by atoms with Crippen LogP contribution in [0.1, 0.15) is 39.0 Å². The van der Waals surface area contributed by atoms with E-state index in [1.807, 2.05) is 6.92 Å². The molecule has 1 aromatic rings. The molecule has 0 atom stereocenters. The molecule has 1 aromatic heterocycles. The van der Waals surface area contributed by atoms with E-state index in [4.69, 9.17) is 10.5 Å². The summed E-state index contributed by atoms with van der Waals surface area (Å²) < 4.78 is 7.17. The molecule has 18 heavy (non-hydrogen) atoms. The Labute approximate surface area is 107 Å². The molecule has 0 aliphatic heterocycles. The maximum Gasteiger partial charge on any atom is 0.313 e. The Balaban J connectivity index is 2.05. The first-order valence-corrected chi connectivity index (χ1v) is 6.62. The molecule has 0 bridgehead atoms. The summed E-state index contributed by atoms with van der Waals surface area (Å²) in [5.41, 5.74) is 5.75. The van der Waals surface area contributed by atoms with E-state index in [1.165, 1.54) is 0 Å². The second kappa shape index (κ2) is 5.52. The van der Waals surface area contributed by atoms with E-state index in [2.05, 4.69) is 4.98 Å². The summed E-state index contributed by atoms with van der Waals surface area (Å²) in [7, 11) is 0. The van der Waals surface area contributed by atoms with Crippen LogP contribution in [0.3, 0.4) is 0 Å². The Morgan fingerprint density at radius 1 is 1.50 bits per heavy atom. The highest BCUT2D eigenvalue weighted by Crippen LogP contribution is 2.27. The number of nitrogens with two attached hydrogens (primary N) is 1. The van der Waals surface area contributed by atoms with Crippen LogP contribution in [0.4, 0.5) is 0 Å². The number of rotatable bonds is 5. The summed E-state index contributed by atoms with van der Waals surface area (Å²) in [5, 5.41) is 0. The van der Waals surface area contributed by atoms with E-state index < -0.39 is 0 Å². The van der Waals surface area contributed by atoms with Crippen LogP contribution in [0.2, 0.25) is 0 Å². The van der Waals surface area contributed by atoms with Gasteiger partial charge in [-0.1, -0.05) is 19.8 Å². The first kappa shape index (κ1) is 13.1. The van der Waals surface area contributed by atoms with Crippen molar-refractivity contribution < 1.29 is 4.74 Å². The molecular formula is C13H21N3O2. The van der Waals surface area contributed by atoms with Gasteiger partial charge in [0.05, 0.1) is 5.54 Å². The first-order chi connectivity index (χ1) is 8.64. The van der Waals surface area contributed by atoms with Gasteiger partial charge in [0, 0.05) is 18.9 Å². The van der Waals surface area contributed by atoms with E-state index >= 15 is 0 Å². The monoisotopic (exact) mass is 251 g/mol. The largest absolute Gasteiger partial charge is 0.472 e. The number of hydrogen-bond donors (Lipinski definition) is 1. The second-order valence-electron chi connectivity index (χ2n) is 5.09. The van der Waals surface area contributed by atoms with Gasteiger partial charge in [-0.05, 0) is 19.3 Å². The molecule has 100 valence electrons. The van der Waals surface area contributed by atoms with Crippen molar-refractivity contribution in [2.24, 2.45) is 5.73 Å². The van der Waals surface area contributed by atoms with Gasteiger partial charge in [0.25, 0.3) is 5.88 Å². The third kappa shape index (κ3) is 2.90. The Bertz CT molecular complexity index is 450. The third-order valence-corrected chi connectivity index (χ3v) is 3.44. The summed E-state index contributed by atoms with van der Waals surface area (Å²) in [6.07, 6.45) is 8.40. The predicted molar refractivity (Wildman–Crippen MR) is 69.7 cm³/mol. The summed E-state index contributed by atoms with van der Waals surface area (Å²) in [6.45, 7) is 3.09. The Hall–Kier alpha value is -1.36. The van der Waals surface area contributed by atoms with Crippen LogP contribution in [0, 0.1) is 0 Å². The molecule has 1 aliphatic carbocycles. The maximum atomic E-state index is 12.0. The number of ether oxygens (including phenoxy) is 1. The van der Waals surface area contributed by atoms with Crippen molar-refractivity contribution in [2.45, 2.75) is 51.1 Å². The predicted octanol–water partition coefficient (Wildman–Crippen LogP) is 1.30. The van der Waals surface area contributed by atoms with E-state index in [0.29, 0.717) is 13.2 Å². The lowest BCUT2D eigenvalue weighted by molar-refractivity contribution is 0.209. The summed E-state index contributed by atoms with van der Waals surface area (Å²) in [6, 6.07) is 0. The molecule has 2 rings (SSSR count). The zero-order valence-corrected chi connectivity index (χ0v) is 10.9. The van der Waals surface area contributed by atoms with Gasteiger partial charge in [0.1, 0.15) is 6.61 Å². The lowest BCUT2D eigenvalue weighted by Crippen LogP contribution is -2.43. The summed E-state index contributed by atoms with van der Waals surface area (Å²) in [5.74, 6) is 0.169. The van der Waals surface area contributed by atoms with Crippen LogP contribution >= 0.6 is 0 Å². The van der Waals surface area contributed by atoms with Crippen LogP contribution in [-0.4, -0.2) is 21.7 Å². The van der Waals surface area contributed by atoms with E-state index in [0.717, 1.165) is 32.1 Å². The molecule has 5 nitrogen and oxygen atoms in total. The van der Waals surface area contributed by atoms with Crippen molar-refractivity contribution in [1.82, 2.24) is 9.55 Å². The van der Waals surface area contributed by atoms with Gasteiger partial charge in [0.15, 0.2) is 0 Å². The molecule has 5 heteroatoms. The van der Waals surface area contributed by atoms with Crippen LogP contribution in [0.5, 0.6) is 5.88 Å². The van der Waals surface area contributed by atoms with E-state index in [9.17, 15) is 4.79 Å². The minimum absolute atomic E-state index is 0.166. The molecule has 1 heterocycles. The summed E-state index contributed by atoms with van der Waals surface area (Å²) in [4.78, 5) is 16.0. The van der Waals surface area contributed by atoms with Crippen molar-refractivity contribution in [3.63, 3.8) is 0 Å². The normalized spacial score (nSPS) is 17.9. The zero-order valence-electron chi connectivity index (χ0n) is 10.9. The Morgan fingerprint density at radius 3 is 2.89 bits per heavy atom. The SMILES string of the molecule is CCCn1ccnc(OCC2(N)CCCC2)c1=O. The molecule has 2 N–H and O–H groups in total. The van der Waals surface area contributed by atoms with Gasteiger partial charge in [-0.15, -0.1) is 0 Å². The molecule has 1 fully saturated rings. The van der Waals surface area contributed by atoms with Crippen molar-refractivity contribution >= 4 is 0 Å². The first-order valence-electron chi connectivity index (χ1n) is 6.62. The van der Waals surface area contributed by atoms with Crippen molar-refractivity contribution in [3.05, 3.63) is 22.7 Å². The van der Waals surface area contributed by atoms with Crippen LogP contribution in [0.15, 0.2) is 17.2 Å². The van der Waals surface area contributed by atoms with Gasteiger partial charge in [-0.25, -0.2) is 4.98 Å². The fourth-order valence-electron chi connectivity index (χ4n) is 2.38. The molecule has 0 saturated heterocycles. The number of aromatic nitrogens is 2. The topological polar surface area (TPSA) is 70.1 Å². The van der Waals surface area contributed by atoms with Gasteiger partial charge in [-0.2, -0.15) is 0 Å². The minimum atomic E-state index is -0.278. The van der Waals surface area contributed by atoms with E-state index in [-0.39, 0.29) is 17.0 Å². The highest BCUT2D eigenvalue weighted by atomic mass is 16.5. The Kier molecular flexibility index (Phi) is 4.01. The lowest BCUT2D eigenvalue weighted by atomic mass is 10.0. The molecule has 0 aromatic carbocycles. The minimum Gasteiger partial charge on any atom is -0.472 e. The molecule has 0 spiro atoms. The molecule has 1 saturated carbocycles. The zero-order chi connectivity index (χ0) is 13.0. The molecule has 0 radical (unpaired) electrons. The van der Waals surface area contributed by atoms with Gasteiger partial charge >= 0.3 is 5.56 Å². The number of nitrogens with zero attached hydrogens (tertiary/aromatic N) is 2. The molecule has 1 aliphatic rings. The van der Waals surface area contributed by atoms with Crippen molar-refractivity contribution in [3.8, 4) is 5.88 Å². The average molecular weight is 251 g/mol. The fourth-order valence-corrected chi connectivity index (χ4v) is 2.38. The molecule has 0 unspecified atom stereocenters. The smallest absolute Gasteiger partial charge is 0.313 e. The highest BCUT2D eigenvalue weighted by Gasteiger charge is 2.30. The fraction of sp³-hybridized carbons (Fsp3) is 0.692. The van der Waals surface area contributed by atoms with Crippen molar-refractivity contribution in [1.29, 1.82) is 0 Å². The Morgan fingerprint density at radius 2 is 2.22 bits per heavy atom. The van der Waals surface area contributed by atoms with Crippen LogP contribution < -0.4 is 16.0 Å². The van der Waals surface area contributed by atoms with Crippen LogP contribution in [0.25, 0.3) is 0 Å². The second-order valence-corrected chi connectivity index (χ2v) is 5.09. The quantitative estimate of drug-likeness (QED) is 0.856. The summed E-state index contributed by atoms with van der Waals surface area (Å²) >= 11 is 0.